The van der Waals surface area contributed by atoms with Gasteiger partial charge in [0.05, 0.1) is 24.8 Å². The Morgan fingerprint density at radius 2 is 1.81 bits per heavy atom. The van der Waals surface area contributed by atoms with E-state index in [4.69, 9.17) is 14.5 Å². The fraction of sp³-hybridized carbons (Fsp3) is 0.440. The second kappa shape index (κ2) is 9.86. The number of nitrogens with zero attached hydrogens (tertiary/aromatic N) is 3. The molecule has 1 amide bonds. The van der Waals surface area contributed by atoms with Gasteiger partial charge in [0.1, 0.15) is 17.3 Å². The van der Waals surface area contributed by atoms with Gasteiger partial charge in [0, 0.05) is 32.0 Å². The Morgan fingerprint density at radius 3 is 2.58 bits per heavy atom. The highest BCUT2D eigenvalue weighted by molar-refractivity contribution is 5.80. The summed E-state index contributed by atoms with van der Waals surface area (Å²) in [5.41, 5.74) is 2.12. The van der Waals surface area contributed by atoms with Gasteiger partial charge in [-0.15, -0.1) is 0 Å². The zero-order valence-corrected chi connectivity index (χ0v) is 18.4. The topological polar surface area (TPSA) is 56.6 Å². The molecule has 1 aromatic heterocycles. The third-order valence-electron chi connectivity index (χ3n) is 5.90. The number of hydrogen-bond donors (Lipinski definition) is 0. The summed E-state index contributed by atoms with van der Waals surface area (Å²) in [6.07, 6.45) is 3.56. The van der Waals surface area contributed by atoms with Crippen molar-refractivity contribution in [2.24, 2.45) is 0 Å². The van der Waals surface area contributed by atoms with Crippen molar-refractivity contribution in [1.29, 1.82) is 0 Å². The number of aryl methyl sites for hydroxylation is 1. The lowest BCUT2D eigenvalue weighted by Crippen LogP contribution is -2.26. The van der Waals surface area contributed by atoms with E-state index in [1.54, 1.807) is 7.11 Å². The summed E-state index contributed by atoms with van der Waals surface area (Å²) in [4.78, 5) is 19.4. The molecule has 0 unspecified atom stereocenters. The molecule has 0 N–H and O–H groups in total. The number of amides is 1. The van der Waals surface area contributed by atoms with Crippen molar-refractivity contribution in [1.82, 2.24) is 14.5 Å². The van der Waals surface area contributed by atoms with Gasteiger partial charge in [-0.2, -0.15) is 0 Å². The van der Waals surface area contributed by atoms with Crippen LogP contribution in [0.15, 0.2) is 48.5 Å². The third-order valence-corrected chi connectivity index (χ3v) is 5.90. The van der Waals surface area contributed by atoms with Crippen LogP contribution in [-0.2, 0) is 11.3 Å². The second-order valence-corrected chi connectivity index (χ2v) is 8.08. The van der Waals surface area contributed by atoms with Gasteiger partial charge >= 0.3 is 0 Å². The van der Waals surface area contributed by atoms with Gasteiger partial charge in [-0.1, -0.05) is 25.5 Å². The van der Waals surface area contributed by atoms with Gasteiger partial charge in [-0.05, 0) is 49.2 Å². The number of methoxy groups -OCH3 is 1. The SMILES string of the molecule is CCCCN1C[C@H](c2nc3ccccc3n2CCCOc2ccc(OC)cc2)CC1=O. The Morgan fingerprint density at radius 1 is 1.03 bits per heavy atom. The lowest BCUT2D eigenvalue weighted by Gasteiger charge is -2.17. The molecule has 4 rings (SSSR count). The highest BCUT2D eigenvalue weighted by atomic mass is 16.5. The minimum atomic E-state index is 0.152. The van der Waals surface area contributed by atoms with Crippen LogP contribution in [0.4, 0.5) is 0 Å². The normalized spacial score (nSPS) is 16.3. The van der Waals surface area contributed by atoms with E-state index in [2.05, 4.69) is 23.6 Å². The van der Waals surface area contributed by atoms with Crippen LogP contribution in [0.25, 0.3) is 11.0 Å². The number of carbonyl (C=O) groups is 1. The molecule has 6 heteroatoms. The summed E-state index contributed by atoms with van der Waals surface area (Å²) in [5.74, 6) is 3.09. The highest BCUT2D eigenvalue weighted by Gasteiger charge is 2.33. The van der Waals surface area contributed by atoms with Crippen molar-refractivity contribution in [3.05, 3.63) is 54.4 Å². The molecule has 3 aromatic rings. The predicted molar refractivity (Wildman–Crippen MR) is 122 cm³/mol. The van der Waals surface area contributed by atoms with Crippen LogP contribution in [0.3, 0.4) is 0 Å². The molecule has 1 fully saturated rings. The summed E-state index contributed by atoms with van der Waals surface area (Å²) in [6.45, 7) is 5.20. The van der Waals surface area contributed by atoms with Crippen LogP contribution >= 0.6 is 0 Å². The fourth-order valence-electron chi connectivity index (χ4n) is 4.24. The number of benzene rings is 2. The Hall–Kier alpha value is -3.02. The minimum absolute atomic E-state index is 0.152. The molecule has 0 aliphatic carbocycles. The summed E-state index contributed by atoms with van der Waals surface area (Å²) in [5, 5.41) is 0. The Kier molecular flexibility index (Phi) is 6.75. The van der Waals surface area contributed by atoms with Crippen LogP contribution < -0.4 is 9.47 Å². The molecule has 164 valence electrons. The lowest BCUT2D eigenvalue weighted by molar-refractivity contribution is -0.127. The van der Waals surface area contributed by atoms with E-state index in [1.165, 1.54) is 0 Å². The van der Waals surface area contributed by atoms with Gasteiger partial charge < -0.3 is 18.9 Å². The standard InChI is InChI=1S/C25H31N3O3/c1-3-4-14-27-18-19(17-24(27)29)25-26-22-8-5-6-9-23(22)28(25)15-7-16-31-21-12-10-20(30-2)11-13-21/h5-6,8-13,19H,3-4,7,14-18H2,1-2H3/t19-/m1/s1. The molecule has 1 atom stereocenters. The number of rotatable bonds is 10. The van der Waals surface area contributed by atoms with E-state index in [0.29, 0.717) is 13.0 Å². The molecular formula is C25H31N3O3. The van der Waals surface area contributed by atoms with Crippen molar-refractivity contribution in [3.63, 3.8) is 0 Å². The number of para-hydroxylation sites is 2. The summed E-state index contributed by atoms with van der Waals surface area (Å²) in [7, 11) is 1.66. The smallest absolute Gasteiger partial charge is 0.223 e. The summed E-state index contributed by atoms with van der Waals surface area (Å²) >= 11 is 0. The van der Waals surface area contributed by atoms with Gasteiger partial charge in [-0.25, -0.2) is 4.98 Å². The van der Waals surface area contributed by atoms with Gasteiger partial charge in [0.15, 0.2) is 0 Å². The first-order valence-corrected chi connectivity index (χ1v) is 11.2. The first-order chi connectivity index (χ1) is 15.2. The molecule has 1 aliphatic rings. The van der Waals surface area contributed by atoms with Crippen molar-refractivity contribution in [3.8, 4) is 11.5 Å². The largest absolute Gasteiger partial charge is 0.497 e. The van der Waals surface area contributed by atoms with E-state index in [9.17, 15) is 4.79 Å². The average Bonchev–Trinajstić information content (AvgIpc) is 3.35. The Balaban J connectivity index is 1.44. The van der Waals surface area contributed by atoms with Crippen molar-refractivity contribution in [2.45, 2.75) is 45.1 Å². The van der Waals surface area contributed by atoms with Crippen molar-refractivity contribution >= 4 is 16.9 Å². The van der Waals surface area contributed by atoms with E-state index < -0.39 is 0 Å². The molecule has 1 aliphatic heterocycles. The van der Waals surface area contributed by atoms with Crippen LogP contribution in [0, 0.1) is 0 Å². The highest BCUT2D eigenvalue weighted by Crippen LogP contribution is 2.31. The Labute approximate surface area is 183 Å². The number of likely N-dealkylation sites (tertiary alicyclic amines) is 1. The summed E-state index contributed by atoms with van der Waals surface area (Å²) in [6, 6.07) is 15.9. The first kappa shape index (κ1) is 21.2. The number of fused-ring (bicyclic) bond motifs is 1. The van der Waals surface area contributed by atoms with Crippen LogP contribution in [0.5, 0.6) is 11.5 Å². The number of carbonyl (C=O) groups excluding carboxylic acids is 1. The maximum Gasteiger partial charge on any atom is 0.223 e. The minimum Gasteiger partial charge on any atom is -0.497 e. The zero-order chi connectivity index (χ0) is 21.6. The molecule has 0 spiro atoms. The average molecular weight is 422 g/mol. The van der Waals surface area contributed by atoms with E-state index >= 15 is 0 Å². The molecule has 1 saturated heterocycles. The number of aromatic nitrogens is 2. The molecule has 0 bridgehead atoms. The molecule has 2 heterocycles. The van der Waals surface area contributed by atoms with Gasteiger partial charge in [0.25, 0.3) is 0 Å². The fourth-order valence-corrected chi connectivity index (χ4v) is 4.24. The monoisotopic (exact) mass is 421 g/mol. The molecule has 2 aromatic carbocycles. The molecule has 31 heavy (non-hydrogen) atoms. The van der Waals surface area contributed by atoms with Crippen LogP contribution in [0.1, 0.15) is 44.3 Å². The number of imidazole rings is 1. The van der Waals surface area contributed by atoms with E-state index in [-0.39, 0.29) is 11.8 Å². The lowest BCUT2D eigenvalue weighted by atomic mass is 10.1. The quantitative estimate of drug-likeness (QED) is 0.448. The molecule has 6 nitrogen and oxygen atoms in total. The maximum atomic E-state index is 12.5. The number of hydrogen-bond acceptors (Lipinski definition) is 4. The number of unbranched alkanes of at least 4 members (excludes halogenated alkanes) is 1. The maximum absolute atomic E-state index is 12.5. The van der Waals surface area contributed by atoms with E-state index in [1.807, 2.05) is 41.3 Å². The van der Waals surface area contributed by atoms with E-state index in [0.717, 1.165) is 67.3 Å². The van der Waals surface area contributed by atoms with Crippen LogP contribution in [-0.4, -0.2) is 47.2 Å². The predicted octanol–water partition coefficient (Wildman–Crippen LogP) is 4.63. The van der Waals surface area contributed by atoms with Crippen LogP contribution in [0.2, 0.25) is 0 Å². The summed E-state index contributed by atoms with van der Waals surface area (Å²) < 4.78 is 13.4. The van der Waals surface area contributed by atoms with Gasteiger partial charge in [-0.3, -0.25) is 4.79 Å². The molecule has 0 saturated carbocycles. The first-order valence-electron chi connectivity index (χ1n) is 11.2. The third kappa shape index (κ3) is 4.84. The van der Waals surface area contributed by atoms with Crippen molar-refractivity contribution in [2.75, 3.05) is 26.8 Å². The van der Waals surface area contributed by atoms with Crippen molar-refractivity contribution < 1.29 is 14.3 Å². The number of ether oxygens (including phenoxy) is 2. The second-order valence-electron chi connectivity index (χ2n) is 8.08. The zero-order valence-electron chi connectivity index (χ0n) is 18.4. The molecule has 0 radical (unpaired) electrons. The Bertz CT molecular complexity index is 1010. The molecular weight excluding hydrogens is 390 g/mol. The van der Waals surface area contributed by atoms with Gasteiger partial charge in [0.2, 0.25) is 5.91 Å².